The molecule has 0 saturated carbocycles. The Hall–Kier alpha value is -2.61. The van der Waals surface area contributed by atoms with Crippen LogP contribution in [0.15, 0.2) is 29.3 Å². The fourth-order valence-electron chi connectivity index (χ4n) is 2.46. The summed E-state index contributed by atoms with van der Waals surface area (Å²) in [6.45, 7) is 7.84. The summed E-state index contributed by atoms with van der Waals surface area (Å²) in [5.74, 6) is 2.93. The van der Waals surface area contributed by atoms with Gasteiger partial charge in [0.2, 0.25) is 0 Å². The average Bonchev–Trinajstić information content (AvgIpc) is 3.20. The fraction of sp³-hybridized carbons (Fsp3) is 0.550. The lowest BCUT2D eigenvalue weighted by Gasteiger charge is -2.11. The standard InChI is InChI=1S/C20H32N6O2/c1-4-6-13-28-14-7-12-22-20(21-5-2)23-15-18-24-19(26-25-18)16-8-10-17(27-3)11-9-16/h8-11H,4-7,12-15H2,1-3H3,(H2,21,22,23)(H,24,25,26). The van der Waals surface area contributed by atoms with Gasteiger partial charge in [-0.05, 0) is 44.0 Å². The predicted octanol–water partition coefficient (Wildman–Crippen LogP) is 2.74. The third-order valence-corrected chi connectivity index (χ3v) is 4.01. The molecule has 0 atom stereocenters. The fourth-order valence-corrected chi connectivity index (χ4v) is 2.46. The SMILES string of the molecule is CCCCOCCCNC(=NCc1nc(-c2ccc(OC)cc2)n[nH]1)NCC. The molecule has 28 heavy (non-hydrogen) atoms. The maximum atomic E-state index is 5.57. The second kappa shape index (κ2) is 12.7. The van der Waals surface area contributed by atoms with Crippen molar-refractivity contribution in [1.29, 1.82) is 0 Å². The number of benzene rings is 1. The Balaban J connectivity index is 1.82. The van der Waals surface area contributed by atoms with Crippen LogP contribution in [0.25, 0.3) is 11.4 Å². The predicted molar refractivity (Wildman–Crippen MR) is 112 cm³/mol. The van der Waals surface area contributed by atoms with Gasteiger partial charge >= 0.3 is 0 Å². The number of guanidine groups is 1. The Morgan fingerprint density at radius 2 is 1.89 bits per heavy atom. The maximum Gasteiger partial charge on any atom is 0.191 e. The van der Waals surface area contributed by atoms with Crippen LogP contribution in [0.5, 0.6) is 5.75 Å². The Bertz CT molecular complexity index is 699. The van der Waals surface area contributed by atoms with Gasteiger partial charge < -0.3 is 20.1 Å². The van der Waals surface area contributed by atoms with Gasteiger partial charge in [0.15, 0.2) is 11.8 Å². The van der Waals surface area contributed by atoms with Crippen molar-refractivity contribution in [2.45, 2.75) is 39.7 Å². The minimum Gasteiger partial charge on any atom is -0.497 e. The van der Waals surface area contributed by atoms with Crippen molar-refractivity contribution < 1.29 is 9.47 Å². The molecule has 2 aromatic rings. The van der Waals surface area contributed by atoms with Crippen molar-refractivity contribution in [3.63, 3.8) is 0 Å². The lowest BCUT2D eigenvalue weighted by atomic mass is 10.2. The van der Waals surface area contributed by atoms with E-state index in [1.807, 2.05) is 31.2 Å². The molecular formula is C20H32N6O2. The Morgan fingerprint density at radius 1 is 1.11 bits per heavy atom. The molecule has 8 nitrogen and oxygen atoms in total. The molecule has 3 N–H and O–H groups in total. The number of aromatic nitrogens is 3. The lowest BCUT2D eigenvalue weighted by molar-refractivity contribution is 0.129. The summed E-state index contributed by atoms with van der Waals surface area (Å²) in [5, 5.41) is 13.8. The van der Waals surface area contributed by atoms with E-state index in [-0.39, 0.29) is 0 Å². The van der Waals surface area contributed by atoms with Crippen LogP contribution in [0.4, 0.5) is 0 Å². The Labute approximate surface area is 167 Å². The number of hydrogen-bond acceptors (Lipinski definition) is 5. The Kier molecular flexibility index (Phi) is 9.85. The molecule has 1 aromatic heterocycles. The zero-order valence-electron chi connectivity index (χ0n) is 17.1. The molecule has 0 radical (unpaired) electrons. The summed E-state index contributed by atoms with van der Waals surface area (Å²) >= 11 is 0. The van der Waals surface area contributed by atoms with Gasteiger partial charge in [0.1, 0.15) is 18.1 Å². The van der Waals surface area contributed by atoms with Crippen molar-refractivity contribution in [2.75, 3.05) is 33.4 Å². The summed E-state index contributed by atoms with van der Waals surface area (Å²) in [7, 11) is 1.65. The first-order valence-electron chi connectivity index (χ1n) is 9.92. The van der Waals surface area contributed by atoms with Gasteiger partial charge in [-0.2, -0.15) is 5.10 Å². The molecule has 154 valence electrons. The van der Waals surface area contributed by atoms with Crippen LogP contribution in [0, 0.1) is 0 Å². The van der Waals surface area contributed by atoms with Gasteiger partial charge in [0, 0.05) is 31.9 Å². The number of rotatable bonds is 12. The highest BCUT2D eigenvalue weighted by atomic mass is 16.5. The highest BCUT2D eigenvalue weighted by Crippen LogP contribution is 2.18. The lowest BCUT2D eigenvalue weighted by Crippen LogP contribution is -2.38. The molecule has 1 heterocycles. The molecule has 2 rings (SSSR count). The van der Waals surface area contributed by atoms with E-state index in [1.54, 1.807) is 7.11 Å². The largest absolute Gasteiger partial charge is 0.497 e. The molecule has 8 heteroatoms. The van der Waals surface area contributed by atoms with Gasteiger partial charge in [0.25, 0.3) is 0 Å². The second-order valence-corrected chi connectivity index (χ2v) is 6.28. The molecule has 0 aliphatic heterocycles. The van der Waals surface area contributed by atoms with Crippen LogP contribution in [-0.2, 0) is 11.3 Å². The maximum absolute atomic E-state index is 5.57. The van der Waals surface area contributed by atoms with E-state index in [9.17, 15) is 0 Å². The first-order valence-corrected chi connectivity index (χ1v) is 9.92. The zero-order chi connectivity index (χ0) is 20.0. The van der Waals surface area contributed by atoms with E-state index in [2.05, 4.69) is 37.7 Å². The van der Waals surface area contributed by atoms with Crippen molar-refractivity contribution >= 4 is 5.96 Å². The molecular weight excluding hydrogens is 356 g/mol. The summed E-state index contributed by atoms with van der Waals surface area (Å²) in [5.41, 5.74) is 0.931. The van der Waals surface area contributed by atoms with Crippen molar-refractivity contribution in [1.82, 2.24) is 25.8 Å². The van der Waals surface area contributed by atoms with Crippen LogP contribution >= 0.6 is 0 Å². The summed E-state index contributed by atoms with van der Waals surface area (Å²) < 4.78 is 10.7. The molecule has 0 aliphatic carbocycles. The average molecular weight is 389 g/mol. The molecule has 0 saturated heterocycles. The second-order valence-electron chi connectivity index (χ2n) is 6.28. The van der Waals surface area contributed by atoms with E-state index in [4.69, 9.17) is 9.47 Å². The normalized spacial score (nSPS) is 11.5. The zero-order valence-corrected chi connectivity index (χ0v) is 17.1. The first-order chi connectivity index (χ1) is 13.8. The van der Waals surface area contributed by atoms with Crippen LogP contribution in [0.3, 0.4) is 0 Å². The van der Waals surface area contributed by atoms with Gasteiger partial charge in [0.05, 0.1) is 7.11 Å². The van der Waals surface area contributed by atoms with E-state index in [1.165, 1.54) is 0 Å². The number of nitrogens with zero attached hydrogens (tertiary/aromatic N) is 3. The molecule has 0 amide bonds. The van der Waals surface area contributed by atoms with Crippen molar-refractivity contribution in [2.24, 2.45) is 4.99 Å². The van der Waals surface area contributed by atoms with Crippen LogP contribution in [0.2, 0.25) is 0 Å². The van der Waals surface area contributed by atoms with Crippen molar-refractivity contribution in [3.05, 3.63) is 30.1 Å². The number of nitrogens with one attached hydrogen (secondary N) is 3. The summed E-state index contributed by atoms with van der Waals surface area (Å²) in [6.07, 6.45) is 3.22. The van der Waals surface area contributed by atoms with E-state index >= 15 is 0 Å². The van der Waals surface area contributed by atoms with Crippen LogP contribution < -0.4 is 15.4 Å². The third kappa shape index (κ3) is 7.56. The topological polar surface area (TPSA) is 96.4 Å². The number of H-pyrrole nitrogens is 1. The van der Waals surface area contributed by atoms with E-state index in [0.29, 0.717) is 18.2 Å². The number of ether oxygens (including phenoxy) is 2. The number of unbranched alkanes of at least 4 members (excludes halogenated alkanes) is 1. The number of methoxy groups -OCH3 is 1. The molecule has 0 bridgehead atoms. The smallest absolute Gasteiger partial charge is 0.191 e. The number of aliphatic imine (C=N–C) groups is 1. The highest BCUT2D eigenvalue weighted by Gasteiger charge is 2.06. The molecule has 0 fully saturated rings. The number of aromatic amines is 1. The molecule has 0 aliphatic rings. The minimum absolute atomic E-state index is 0.422. The molecule has 0 spiro atoms. The van der Waals surface area contributed by atoms with E-state index in [0.717, 1.165) is 62.8 Å². The quantitative estimate of drug-likeness (QED) is 0.294. The van der Waals surface area contributed by atoms with Gasteiger partial charge in [-0.25, -0.2) is 9.98 Å². The summed E-state index contributed by atoms with van der Waals surface area (Å²) in [4.78, 5) is 9.08. The van der Waals surface area contributed by atoms with Crippen LogP contribution in [0.1, 0.15) is 38.9 Å². The number of hydrogen-bond donors (Lipinski definition) is 3. The van der Waals surface area contributed by atoms with Crippen molar-refractivity contribution in [3.8, 4) is 17.1 Å². The van der Waals surface area contributed by atoms with Gasteiger partial charge in [-0.3, -0.25) is 5.10 Å². The third-order valence-electron chi connectivity index (χ3n) is 4.01. The Morgan fingerprint density at radius 3 is 2.61 bits per heavy atom. The first kappa shape index (κ1) is 21.7. The van der Waals surface area contributed by atoms with Crippen LogP contribution in [-0.4, -0.2) is 54.6 Å². The molecule has 1 aromatic carbocycles. The van der Waals surface area contributed by atoms with E-state index < -0.39 is 0 Å². The van der Waals surface area contributed by atoms with Gasteiger partial charge in [-0.1, -0.05) is 13.3 Å². The highest BCUT2D eigenvalue weighted by molar-refractivity contribution is 5.79. The van der Waals surface area contributed by atoms with Gasteiger partial charge in [-0.15, -0.1) is 0 Å². The monoisotopic (exact) mass is 388 g/mol. The minimum atomic E-state index is 0.422. The molecule has 0 unspecified atom stereocenters. The summed E-state index contributed by atoms with van der Waals surface area (Å²) in [6, 6.07) is 7.65.